The zero-order chi connectivity index (χ0) is 17.2. The summed E-state index contributed by atoms with van der Waals surface area (Å²) in [4.78, 5) is 23.5. The molecule has 0 saturated carbocycles. The van der Waals surface area contributed by atoms with Crippen LogP contribution in [-0.4, -0.2) is 38.7 Å². The van der Waals surface area contributed by atoms with Crippen LogP contribution >= 0.6 is 0 Å². The van der Waals surface area contributed by atoms with Crippen LogP contribution in [0.1, 0.15) is 10.4 Å². The standard InChI is InChI=1S/C18H19NO5/c1-22-16-9-5-6-14(12-16)18(21)19-13-17(20)24-11-10-23-15-7-3-2-4-8-15/h2-9,12H,10-11,13H2,1H3,(H,19,21). The number of para-hydroxylation sites is 1. The third-order valence-electron chi connectivity index (χ3n) is 3.08. The Morgan fingerprint density at radius 3 is 2.46 bits per heavy atom. The van der Waals surface area contributed by atoms with Gasteiger partial charge in [0, 0.05) is 5.56 Å². The molecule has 24 heavy (non-hydrogen) atoms. The van der Waals surface area contributed by atoms with Gasteiger partial charge in [-0.3, -0.25) is 9.59 Å². The fraction of sp³-hybridized carbons (Fsp3) is 0.222. The van der Waals surface area contributed by atoms with E-state index in [2.05, 4.69) is 5.32 Å². The zero-order valence-electron chi connectivity index (χ0n) is 13.4. The summed E-state index contributed by atoms with van der Waals surface area (Å²) >= 11 is 0. The molecular formula is C18H19NO5. The lowest BCUT2D eigenvalue weighted by atomic mass is 10.2. The molecular weight excluding hydrogens is 310 g/mol. The van der Waals surface area contributed by atoms with Gasteiger partial charge >= 0.3 is 5.97 Å². The van der Waals surface area contributed by atoms with E-state index < -0.39 is 5.97 Å². The van der Waals surface area contributed by atoms with Gasteiger partial charge in [-0.1, -0.05) is 24.3 Å². The second-order valence-corrected chi connectivity index (χ2v) is 4.80. The number of benzene rings is 2. The number of hydrogen-bond donors (Lipinski definition) is 1. The number of amides is 1. The largest absolute Gasteiger partial charge is 0.497 e. The van der Waals surface area contributed by atoms with Crippen LogP contribution in [-0.2, 0) is 9.53 Å². The van der Waals surface area contributed by atoms with E-state index in [0.717, 1.165) is 0 Å². The molecule has 1 N–H and O–H groups in total. The van der Waals surface area contributed by atoms with E-state index in [1.54, 1.807) is 24.3 Å². The van der Waals surface area contributed by atoms with E-state index in [4.69, 9.17) is 14.2 Å². The molecule has 0 spiro atoms. The number of esters is 1. The van der Waals surface area contributed by atoms with Gasteiger partial charge < -0.3 is 19.5 Å². The molecule has 126 valence electrons. The minimum absolute atomic E-state index is 0.114. The fourth-order valence-electron chi connectivity index (χ4n) is 1.90. The Bertz CT molecular complexity index is 672. The molecule has 2 rings (SSSR count). The maximum absolute atomic E-state index is 11.9. The molecule has 0 saturated heterocycles. The van der Waals surface area contributed by atoms with E-state index >= 15 is 0 Å². The first-order valence-electron chi connectivity index (χ1n) is 7.45. The molecule has 2 aromatic carbocycles. The van der Waals surface area contributed by atoms with Gasteiger partial charge in [0.2, 0.25) is 0 Å². The molecule has 1 amide bonds. The Kier molecular flexibility index (Phi) is 6.64. The third-order valence-corrected chi connectivity index (χ3v) is 3.08. The van der Waals surface area contributed by atoms with E-state index in [-0.39, 0.29) is 25.7 Å². The maximum atomic E-state index is 11.9. The number of carbonyl (C=O) groups is 2. The molecule has 0 fully saturated rings. The van der Waals surface area contributed by atoms with Crippen molar-refractivity contribution in [3.8, 4) is 11.5 Å². The van der Waals surface area contributed by atoms with Crippen LogP contribution in [0.25, 0.3) is 0 Å². The van der Waals surface area contributed by atoms with E-state index in [1.807, 2.05) is 30.3 Å². The molecule has 6 heteroatoms. The molecule has 0 aliphatic carbocycles. The van der Waals surface area contributed by atoms with Crippen LogP contribution in [0.2, 0.25) is 0 Å². The van der Waals surface area contributed by atoms with Gasteiger partial charge in [0.1, 0.15) is 31.3 Å². The van der Waals surface area contributed by atoms with Gasteiger partial charge in [0.25, 0.3) is 5.91 Å². The first-order chi connectivity index (χ1) is 11.7. The number of rotatable bonds is 8. The summed E-state index contributed by atoms with van der Waals surface area (Å²) < 4.78 is 15.4. The van der Waals surface area contributed by atoms with Crippen LogP contribution < -0.4 is 14.8 Å². The summed E-state index contributed by atoms with van der Waals surface area (Å²) in [5.74, 6) is 0.387. The summed E-state index contributed by atoms with van der Waals surface area (Å²) in [5, 5.41) is 2.50. The number of carbonyl (C=O) groups excluding carboxylic acids is 2. The molecule has 0 aliphatic rings. The summed E-state index contributed by atoms with van der Waals surface area (Å²) in [7, 11) is 1.52. The van der Waals surface area contributed by atoms with Crippen LogP contribution in [0, 0.1) is 0 Å². The van der Waals surface area contributed by atoms with E-state index in [9.17, 15) is 9.59 Å². The maximum Gasteiger partial charge on any atom is 0.325 e. The lowest BCUT2D eigenvalue weighted by Crippen LogP contribution is -2.31. The van der Waals surface area contributed by atoms with Crippen molar-refractivity contribution < 1.29 is 23.8 Å². The summed E-state index contributed by atoms with van der Waals surface area (Å²) in [6, 6.07) is 15.9. The van der Waals surface area contributed by atoms with Crippen molar-refractivity contribution in [2.45, 2.75) is 0 Å². The smallest absolute Gasteiger partial charge is 0.325 e. The highest BCUT2D eigenvalue weighted by atomic mass is 16.6. The molecule has 0 heterocycles. The number of methoxy groups -OCH3 is 1. The van der Waals surface area contributed by atoms with Crippen molar-refractivity contribution >= 4 is 11.9 Å². The SMILES string of the molecule is COc1cccc(C(=O)NCC(=O)OCCOc2ccccc2)c1. The molecule has 0 aromatic heterocycles. The predicted molar refractivity (Wildman–Crippen MR) is 88.2 cm³/mol. The highest BCUT2D eigenvalue weighted by Crippen LogP contribution is 2.12. The molecule has 6 nitrogen and oxygen atoms in total. The highest BCUT2D eigenvalue weighted by molar-refractivity contribution is 5.96. The highest BCUT2D eigenvalue weighted by Gasteiger charge is 2.09. The monoisotopic (exact) mass is 329 g/mol. The molecule has 2 aromatic rings. The summed E-state index contributed by atoms with van der Waals surface area (Å²) in [6.07, 6.45) is 0. The number of hydrogen-bond acceptors (Lipinski definition) is 5. The Labute approximate surface area is 140 Å². The first-order valence-corrected chi connectivity index (χ1v) is 7.45. The Hall–Kier alpha value is -3.02. The Morgan fingerprint density at radius 1 is 0.958 bits per heavy atom. The number of ether oxygens (including phenoxy) is 3. The Balaban J connectivity index is 1.66. The predicted octanol–water partition coefficient (Wildman–Crippen LogP) is 2.05. The minimum Gasteiger partial charge on any atom is -0.497 e. The van der Waals surface area contributed by atoms with Crippen LogP contribution in [0.3, 0.4) is 0 Å². The lowest BCUT2D eigenvalue weighted by Gasteiger charge is -2.08. The molecule has 0 bridgehead atoms. The van der Waals surface area contributed by atoms with E-state index in [0.29, 0.717) is 17.1 Å². The molecule has 0 unspecified atom stereocenters. The molecule has 0 atom stereocenters. The van der Waals surface area contributed by atoms with Crippen molar-refractivity contribution in [3.05, 3.63) is 60.2 Å². The lowest BCUT2D eigenvalue weighted by molar-refractivity contribution is -0.143. The summed E-state index contributed by atoms with van der Waals surface area (Å²) in [6.45, 7) is 0.156. The van der Waals surface area contributed by atoms with Crippen molar-refractivity contribution in [1.82, 2.24) is 5.32 Å². The fourth-order valence-corrected chi connectivity index (χ4v) is 1.90. The van der Waals surface area contributed by atoms with Crippen LogP contribution in [0.15, 0.2) is 54.6 Å². The first kappa shape index (κ1) is 17.3. The van der Waals surface area contributed by atoms with Gasteiger partial charge in [-0.2, -0.15) is 0 Å². The van der Waals surface area contributed by atoms with Gasteiger partial charge in [-0.25, -0.2) is 0 Å². The average molecular weight is 329 g/mol. The molecule has 0 radical (unpaired) electrons. The Morgan fingerprint density at radius 2 is 1.71 bits per heavy atom. The van der Waals surface area contributed by atoms with Gasteiger partial charge in [0.15, 0.2) is 0 Å². The topological polar surface area (TPSA) is 73.9 Å². The van der Waals surface area contributed by atoms with Crippen molar-refractivity contribution in [2.24, 2.45) is 0 Å². The quantitative estimate of drug-likeness (QED) is 0.593. The second kappa shape index (κ2) is 9.19. The van der Waals surface area contributed by atoms with Crippen molar-refractivity contribution in [2.75, 3.05) is 26.9 Å². The average Bonchev–Trinajstić information content (AvgIpc) is 2.64. The second-order valence-electron chi connectivity index (χ2n) is 4.80. The zero-order valence-corrected chi connectivity index (χ0v) is 13.4. The third kappa shape index (κ3) is 5.64. The summed E-state index contributed by atoms with van der Waals surface area (Å²) in [5.41, 5.74) is 0.412. The van der Waals surface area contributed by atoms with Crippen molar-refractivity contribution in [3.63, 3.8) is 0 Å². The molecule has 0 aliphatic heterocycles. The number of nitrogens with one attached hydrogen (secondary N) is 1. The van der Waals surface area contributed by atoms with Crippen LogP contribution in [0.5, 0.6) is 11.5 Å². The van der Waals surface area contributed by atoms with Gasteiger partial charge in [0.05, 0.1) is 7.11 Å². The van der Waals surface area contributed by atoms with Crippen LogP contribution in [0.4, 0.5) is 0 Å². The van der Waals surface area contributed by atoms with E-state index in [1.165, 1.54) is 7.11 Å². The minimum atomic E-state index is -0.525. The van der Waals surface area contributed by atoms with Gasteiger partial charge in [-0.05, 0) is 30.3 Å². The van der Waals surface area contributed by atoms with Crippen molar-refractivity contribution in [1.29, 1.82) is 0 Å². The van der Waals surface area contributed by atoms with Gasteiger partial charge in [-0.15, -0.1) is 0 Å². The normalized spacial score (nSPS) is 9.88.